The maximum Gasteiger partial charge on any atom is 0.414 e. The molecule has 0 fully saturated rings. The standard InChI is InChI=1S/C33H34ClFN6O5.C2H6/c1-20-6-3-9-29(21(20)2)44-12-13-46-33(43)41-10-5-11-45-31-24(7-4-8-28(31)41)23-16-39-40(18-23)19-25-26(34)14-22(15-27(25)35)32(42)38-17-30(36)37;1-2/h3-4,6-9,14-16,18H,5,10-13,17,19H2,1-2H3,(H3,36,37)(H,38,42);1-2H3. The van der Waals surface area contributed by atoms with Gasteiger partial charge in [-0.3, -0.25) is 19.8 Å². The Morgan fingerprint density at radius 2 is 1.92 bits per heavy atom. The monoisotopic (exact) mass is 678 g/mol. The van der Waals surface area contributed by atoms with E-state index in [1.54, 1.807) is 23.4 Å². The number of aromatic nitrogens is 2. The molecule has 13 heteroatoms. The Bertz CT molecular complexity index is 1760. The Balaban J connectivity index is 0.00000255. The van der Waals surface area contributed by atoms with Crippen LogP contribution in [0.25, 0.3) is 11.1 Å². The van der Waals surface area contributed by atoms with E-state index < -0.39 is 17.8 Å². The van der Waals surface area contributed by atoms with Crippen molar-refractivity contribution in [3.8, 4) is 22.6 Å². The normalized spacial score (nSPS) is 12.1. The van der Waals surface area contributed by atoms with Crippen LogP contribution in [0, 0.1) is 25.1 Å². The fourth-order valence-electron chi connectivity index (χ4n) is 4.98. The number of rotatable bonds is 10. The second kappa shape index (κ2) is 16.6. The van der Waals surface area contributed by atoms with Gasteiger partial charge in [-0.05, 0) is 55.7 Å². The third-order valence-corrected chi connectivity index (χ3v) is 7.84. The van der Waals surface area contributed by atoms with Gasteiger partial charge in [0.2, 0.25) is 0 Å². The van der Waals surface area contributed by atoms with E-state index in [-0.39, 0.29) is 48.3 Å². The molecule has 5 rings (SSSR count). The number of carbonyl (C=O) groups is 2. The number of amidine groups is 1. The molecule has 0 aliphatic carbocycles. The molecular weight excluding hydrogens is 639 g/mol. The summed E-state index contributed by atoms with van der Waals surface area (Å²) in [6.07, 6.45) is 3.43. The van der Waals surface area contributed by atoms with Crippen molar-refractivity contribution in [1.29, 1.82) is 5.41 Å². The molecule has 2 amide bonds. The summed E-state index contributed by atoms with van der Waals surface area (Å²) in [6, 6.07) is 13.7. The Kier molecular flexibility index (Phi) is 12.4. The number of nitrogens with two attached hydrogens (primary N) is 1. The van der Waals surface area contributed by atoms with Crippen molar-refractivity contribution < 1.29 is 28.2 Å². The van der Waals surface area contributed by atoms with Crippen molar-refractivity contribution in [2.45, 2.75) is 40.7 Å². The molecule has 0 unspecified atom stereocenters. The van der Waals surface area contributed by atoms with E-state index in [0.29, 0.717) is 42.1 Å². The first-order valence-corrected chi connectivity index (χ1v) is 16.0. The van der Waals surface area contributed by atoms with Crippen LogP contribution in [0.1, 0.15) is 47.3 Å². The number of hydrogen-bond donors (Lipinski definition) is 3. The summed E-state index contributed by atoms with van der Waals surface area (Å²) in [5, 5.41) is 14.1. The quantitative estimate of drug-likeness (QED) is 0.0986. The Morgan fingerprint density at radius 3 is 2.67 bits per heavy atom. The maximum absolute atomic E-state index is 15.1. The van der Waals surface area contributed by atoms with Gasteiger partial charge in [-0.15, -0.1) is 0 Å². The highest BCUT2D eigenvalue weighted by atomic mass is 35.5. The largest absolute Gasteiger partial charge is 0.491 e. The molecule has 0 spiro atoms. The maximum atomic E-state index is 15.1. The molecule has 4 N–H and O–H groups in total. The molecule has 11 nitrogen and oxygen atoms in total. The summed E-state index contributed by atoms with van der Waals surface area (Å²) in [7, 11) is 0. The molecule has 254 valence electrons. The van der Waals surface area contributed by atoms with Gasteiger partial charge in [0.05, 0.1) is 31.6 Å². The first-order chi connectivity index (χ1) is 23.1. The number of nitrogens with one attached hydrogen (secondary N) is 2. The minimum atomic E-state index is -0.678. The highest BCUT2D eigenvalue weighted by Crippen LogP contribution is 2.40. The average Bonchev–Trinajstić information content (AvgIpc) is 3.43. The van der Waals surface area contributed by atoms with Crippen molar-refractivity contribution in [3.63, 3.8) is 0 Å². The van der Waals surface area contributed by atoms with Crippen LogP contribution in [0.5, 0.6) is 11.5 Å². The fraction of sp³-hybridized carbons (Fsp3) is 0.314. The summed E-state index contributed by atoms with van der Waals surface area (Å²) in [4.78, 5) is 27.0. The third-order valence-electron chi connectivity index (χ3n) is 7.51. The van der Waals surface area contributed by atoms with Crippen molar-refractivity contribution in [2.24, 2.45) is 5.73 Å². The third kappa shape index (κ3) is 8.62. The number of amides is 2. The molecule has 0 atom stereocenters. The molecule has 1 aliphatic rings. The number of ether oxygens (including phenoxy) is 3. The molecule has 1 aromatic heterocycles. The van der Waals surface area contributed by atoms with Gasteiger partial charge in [0.15, 0.2) is 5.75 Å². The van der Waals surface area contributed by atoms with E-state index in [1.165, 1.54) is 10.7 Å². The van der Waals surface area contributed by atoms with Gasteiger partial charge in [-0.25, -0.2) is 9.18 Å². The van der Waals surface area contributed by atoms with E-state index in [1.807, 2.05) is 58.0 Å². The average molecular weight is 679 g/mol. The number of anilines is 1. The number of fused-ring (bicyclic) bond motifs is 1. The number of halogens is 2. The molecule has 0 saturated carbocycles. The molecule has 0 saturated heterocycles. The summed E-state index contributed by atoms with van der Waals surface area (Å²) < 4.78 is 34.1. The van der Waals surface area contributed by atoms with Crippen LogP contribution in [0.3, 0.4) is 0 Å². The predicted molar refractivity (Wildman–Crippen MR) is 184 cm³/mol. The first-order valence-electron chi connectivity index (χ1n) is 15.6. The summed E-state index contributed by atoms with van der Waals surface area (Å²) in [5.74, 6) is -0.243. The number of nitrogens with zero attached hydrogens (tertiary/aromatic N) is 3. The van der Waals surface area contributed by atoms with Crippen LogP contribution in [-0.4, -0.2) is 60.5 Å². The lowest BCUT2D eigenvalue weighted by molar-refractivity contribution is 0.0958. The van der Waals surface area contributed by atoms with Crippen LogP contribution in [0.15, 0.2) is 60.9 Å². The molecule has 1 aliphatic heterocycles. The minimum absolute atomic E-state index is 0.00150. The first kappa shape index (κ1) is 35.7. The van der Waals surface area contributed by atoms with E-state index >= 15 is 4.39 Å². The van der Waals surface area contributed by atoms with Crippen LogP contribution in [0.4, 0.5) is 14.9 Å². The zero-order valence-corrected chi connectivity index (χ0v) is 28.2. The van der Waals surface area contributed by atoms with E-state index in [2.05, 4.69) is 10.4 Å². The zero-order valence-electron chi connectivity index (χ0n) is 27.4. The lowest BCUT2D eigenvalue weighted by atomic mass is 10.1. The summed E-state index contributed by atoms with van der Waals surface area (Å²) in [5.41, 5.74) is 9.54. The molecule has 4 aromatic rings. The van der Waals surface area contributed by atoms with Crippen molar-refractivity contribution in [2.75, 3.05) is 37.8 Å². The Morgan fingerprint density at radius 1 is 1.15 bits per heavy atom. The lowest BCUT2D eigenvalue weighted by Gasteiger charge is -2.22. The summed E-state index contributed by atoms with van der Waals surface area (Å²) in [6.45, 7) is 8.93. The Labute approximate surface area is 284 Å². The second-order valence-corrected chi connectivity index (χ2v) is 11.1. The lowest BCUT2D eigenvalue weighted by Crippen LogP contribution is -2.33. The smallest absolute Gasteiger partial charge is 0.414 e. The molecule has 48 heavy (non-hydrogen) atoms. The minimum Gasteiger partial charge on any atom is -0.491 e. The molecule has 0 radical (unpaired) electrons. The van der Waals surface area contributed by atoms with E-state index in [0.717, 1.165) is 22.9 Å². The van der Waals surface area contributed by atoms with Gasteiger partial charge in [0, 0.05) is 40.0 Å². The number of para-hydroxylation sites is 1. The van der Waals surface area contributed by atoms with Gasteiger partial charge in [-0.2, -0.15) is 5.10 Å². The van der Waals surface area contributed by atoms with Crippen LogP contribution in [-0.2, 0) is 11.3 Å². The zero-order chi connectivity index (χ0) is 34.8. The topological polar surface area (TPSA) is 145 Å². The van der Waals surface area contributed by atoms with E-state index in [4.69, 9.17) is 37.0 Å². The van der Waals surface area contributed by atoms with Gasteiger partial charge in [0.25, 0.3) is 5.91 Å². The van der Waals surface area contributed by atoms with Crippen molar-refractivity contribution >= 4 is 35.1 Å². The Hall–Kier alpha value is -5.10. The predicted octanol–water partition coefficient (Wildman–Crippen LogP) is 6.50. The van der Waals surface area contributed by atoms with Crippen LogP contribution >= 0.6 is 11.6 Å². The number of hydrogen-bond acceptors (Lipinski definition) is 7. The number of carbonyl (C=O) groups excluding carboxylic acids is 2. The second-order valence-electron chi connectivity index (χ2n) is 10.7. The summed E-state index contributed by atoms with van der Waals surface area (Å²) >= 11 is 6.36. The SMILES string of the molecule is CC.Cc1cccc(OCCOC(=O)N2CCCOc3c(-c4cnn(Cc5c(F)cc(C(=O)NCC(=N)N)cc5Cl)c4)cccc32)c1C. The van der Waals surface area contributed by atoms with Gasteiger partial charge in [0.1, 0.15) is 30.6 Å². The van der Waals surface area contributed by atoms with Crippen LogP contribution < -0.4 is 25.4 Å². The number of benzene rings is 3. The highest BCUT2D eigenvalue weighted by Gasteiger charge is 2.26. The molecule has 0 bridgehead atoms. The fourth-order valence-corrected chi connectivity index (χ4v) is 5.24. The van der Waals surface area contributed by atoms with Gasteiger partial charge < -0.3 is 25.3 Å². The van der Waals surface area contributed by atoms with Crippen molar-refractivity contribution in [3.05, 3.63) is 94.0 Å². The van der Waals surface area contributed by atoms with E-state index in [9.17, 15) is 9.59 Å². The highest BCUT2D eigenvalue weighted by molar-refractivity contribution is 6.31. The van der Waals surface area contributed by atoms with Gasteiger partial charge in [-0.1, -0.05) is 49.7 Å². The molecular formula is C35H40ClFN6O5. The van der Waals surface area contributed by atoms with Gasteiger partial charge >= 0.3 is 6.09 Å². The number of aryl methyl sites for hydroxylation is 1. The van der Waals surface area contributed by atoms with Crippen molar-refractivity contribution in [1.82, 2.24) is 15.1 Å². The molecule has 3 aromatic carbocycles. The van der Waals surface area contributed by atoms with Crippen LogP contribution in [0.2, 0.25) is 5.02 Å². The molecule has 2 heterocycles.